The van der Waals surface area contributed by atoms with Crippen LogP contribution in [0.15, 0.2) is 52.1 Å². The molecule has 3 heterocycles. The molecule has 3 aromatic rings. The summed E-state index contributed by atoms with van der Waals surface area (Å²) in [6.07, 6.45) is 5.44. The summed E-state index contributed by atoms with van der Waals surface area (Å²) >= 11 is 6.83. The van der Waals surface area contributed by atoms with Gasteiger partial charge < -0.3 is 14.7 Å². The lowest BCUT2D eigenvalue weighted by atomic mass is 10.1. The van der Waals surface area contributed by atoms with E-state index in [1.165, 1.54) is 12.3 Å². The third-order valence-electron chi connectivity index (χ3n) is 4.44. The number of halogens is 1. The molecule has 1 aliphatic rings. The molecule has 9 heteroatoms. The van der Waals surface area contributed by atoms with E-state index in [9.17, 15) is 14.4 Å². The van der Waals surface area contributed by atoms with E-state index in [2.05, 4.69) is 10.3 Å². The normalized spacial score (nSPS) is 15.6. The molecule has 1 saturated heterocycles. The van der Waals surface area contributed by atoms with Crippen LogP contribution in [0.1, 0.15) is 11.3 Å². The van der Waals surface area contributed by atoms with Gasteiger partial charge in [-0.2, -0.15) is 0 Å². The highest BCUT2D eigenvalue weighted by Gasteiger charge is 2.36. The second kappa shape index (κ2) is 8.18. The minimum atomic E-state index is -0.502. The molecule has 0 bridgehead atoms. The van der Waals surface area contributed by atoms with Gasteiger partial charge in [0.25, 0.3) is 11.1 Å². The predicted molar refractivity (Wildman–Crippen MR) is 111 cm³/mol. The first kappa shape index (κ1) is 19.4. The van der Waals surface area contributed by atoms with Gasteiger partial charge in [0, 0.05) is 34.7 Å². The Morgan fingerprint density at radius 3 is 2.97 bits per heavy atom. The van der Waals surface area contributed by atoms with Crippen molar-refractivity contribution in [1.29, 1.82) is 0 Å². The predicted octanol–water partition coefficient (Wildman–Crippen LogP) is 3.81. The molecule has 0 saturated carbocycles. The van der Waals surface area contributed by atoms with Crippen LogP contribution in [0.2, 0.25) is 5.02 Å². The summed E-state index contributed by atoms with van der Waals surface area (Å²) in [4.78, 5) is 41.0. The molecule has 0 unspecified atom stereocenters. The monoisotopic (exact) mass is 429 g/mol. The lowest BCUT2D eigenvalue weighted by molar-refractivity contribution is -0.129. The Morgan fingerprint density at radius 1 is 1.31 bits per heavy atom. The third kappa shape index (κ3) is 4.23. The van der Waals surface area contributed by atoms with Crippen LogP contribution in [0.4, 0.5) is 4.79 Å². The summed E-state index contributed by atoms with van der Waals surface area (Å²) in [5.41, 5.74) is 1.99. The fourth-order valence-electron chi connectivity index (χ4n) is 3.03. The Kier molecular flexibility index (Phi) is 5.46. The van der Waals surface area contributed by atoms with Gasteiger partial charge in [0.1, 0.15) is 12.3 Å². The fourth-order valence-corrected chi connectivity index (χ4v) is 4.02. The van der Waals surface area contributed by atoms with Gasteiger partial charge in [-0.1, -0.05) is 11.6 Å². The number of hydrogen-bond donors (Lipinski definition) is 2. The van der Waals surface area contributed by atoms with E-state index in [-0.39, 0.29) is 11.4 Å². The summed E-state index contributed by atoms with van der Waals surface area (Å²) in [5.74, 6) is -0.430. The molecular weight excluding hydrogens is 414 g/mol. The quantitative estimate of drug-likeness (QED) is 0.581. The Balaban J connectivity index is 1.33. The van der Waals surface area contributed by atoms with Crippen molar-refractivity contribution in [3.8, 4) is 0 Å². The average molecular weight is 430 g/mol. The molecule has 2 N–H and O–H groups in total. The molecule has 148 valence electrons. The number of thioether (sulfide) groups is 1. The number of hydrogen-bond acceptors (Lipinski definition) is 5. The van der Waals surface area contributed by atoms with Crippen molar-refractivity contribution >= 4 is 57.4 Å². The van der Waals surface area contributed by atoms with Crippen LogP contribution in [0.25, 0.3) is 17.0 Å². The standard InChI is InChI=1S/C20H16ClN3O4S/c21-13-3-4-16-15(8-13)12(10-23-16)5-6-22-18(25)11-24-19(26)17(29-20(24)27)9-14-2-1-7-28-14/h1-4,7-10,23H,5-6,11H2,(H,22,25). The number of fused-ring (bicyclic) bond motifs is 1. The molecule has 0 spiro atoms. The van der Waals surface area contributed by atoms with Crippen LogP contribution in [-0.2, 0) is 16.0 Å². The molecule has 0 aliphatic carbocycles. The highest BCUT2D eigenvalue weighted by Crippen LogP contribution is 2.32. The van der Waals surface area contributed by atoms with E-state index >= 15 is 0 Å². The van der Waals surface area contributed by atoms with Crippen LogP contribution in [0.5, 0.6) is 0 Å². The first-order valence-electron chi connectivity index (χ1n) is 8.82. The van der Waals surface area contributed by atoms with Crippen molar-refractivity contribution in [2.45, 2.75) is 6.42 Å². The Bertz CT molecular complexity index is 1120. The number of nitrogens with zero attached hydrogens (tertiary/aromatic N) is 1. The highest BCUT2D eigenvalue weighted by molar-refractivity contribution is 8.18. The van der Waals surface area contributed by atoms with E-state index in [1.54, 1.807) is 12.1 Å². The van der Waals surface area contributed by atoms with E-state index < -0.39 is 17.1 Å². The minimum Gasteiger partial charge on any atom is -0.465 e. The highest BCUT2D eigenvalue weighted by atomic mass is 35.5. The lowest BCUT2D eigenvalue weighted by Crippen LogP contribution is -2.40. The van der Waals surface area contributed by atoms with Crippen molar-refractivity contribution < 1.29 is 18.8 Å². The fraction of sp³-hybridized carbons (Fsp3) is 0.150. The van der Waals surface area contributed by atoms with Gasteiger partial charge in [-0.3, -0.25) is 19.3 Å². The second-order valence-electron chi connectivity index (χ2n) is 6.39. The molecule has 0 radical (unpaired) electrons. The van der Waals surface area contributed by atoms with Gasteiger partial charge >= 0.3 is 0 Å². The number of imide groups is 1. The summed E-state index contributed by atoms with van der Waals surface area (Å²) in [6, 6.07) is 8.94. The summed E-state index contributed by atoms with van der Waals surface area (Å²) in [5, 5.41) is 3.92. The number of benzene rings is 1. The smallest absolute Gasteiger partial charge is 0.294 e. The summed E-state index contributed by atoms with van der Waals surface area (Å²) in [7, 11) is 0. The molecule has 29 heavy (non-hydrogen) atoms. The molecule has 0 atom stereocenters. The van der Waals surface area contributed by atoms with Crippen LogP contribution >= 0.6 is 23.4 Å². The molecule has 1 aliphatic heterocycles. The number of aromatic amines is 1. The molecule has 2 aromatic heterocycles. The zero-order valence-corrected chi connectivity index (χ0v) is 16.7. The second-order valence-corrected chi connectivity index (χ2v) is 7.82. The van der Waals surface area contributed by atoms with Crippen LogP contribution in [-0.4, -0.2) is 40.0 Å². The topological polar surface area (TPSA) is 95.4 Å². The van der Waals surface area contributed by atoms with Crippen molar-refractivity contribution in [3.63, 3.8) is 0 Å². The van der Waals surface area contributed by atoms with Gasteiger partial charge in [0.05, 0.1) is 11.2 Å². The number of furan rings is 1. The van der Waals surface area contributed by atoms with Gasteiger partial charge in [-0.25, -0.2) is 0 Å². The van der Waals surface area contributed by atoms with E-state index in [1.807, 2.05) is 24.4 Å². The SMILES string of the molecule is O=C(CN1C(=O)SC(=Cc2ccco2)C1=O)NCCc1c[nH]c2ccc(Cl)cc12. The Labute approximate surface area is 175 Å². The van der Waals surface area contributed by atoms with Crippen molar-refractivity contribution in [3.05, 3.63) is 64.0 Å². The van der Waals surface area contributed by atoms with Gasteiger partial charge in [0.15, 0.2) is 0 Å². The van der Waals surface area contributed by atoms with Gasteiger partial charge in [0.2, 0.25) is 5.91 Å². The number of carbonyl (C=O) groups excluding carboxylic acids is 3. The molecule has 1 fully saturated rings. The summed E-state index contributed by atoms with van der Waals surface area (Å²) < 4.78 is 5.16. The van der Waals surface area contributed by atoms with E-state index in [0.29, 0.717) is 23.7 Å². The number of amides is 3. The van der Waals surface area contributed by atoms with Crippen LogP contribution in [0, 0.1) is 0 Å². The van der Waals surface area contributed by atoms with Crippen molar-refractivity contribution in [2.75, 3.05) is 13.1 Å². The average Bonchev–Trinajstić information content (AvgIpc) is 3.40. The largest absolute Gasteiger partial charge is 0.465 e. The zero-order chi connectivity index (χ0) is 20.4. The van der Waals surface area contributed by atoms with Crippen LogP contribution < -0.4 is 5.32 Å². The van der Waals surface area contributed by atoms with Crippen molar-refractivity contribution in [1.82, 2.24) is 15.2 Å². The van der Waals surface area contributed by atoms with Crippen molar-refractivity contribution in [2.24, 2.45) is 0 Å². The molecule has 3 amide bonds. The number of nitrogens with one attached hydrogen (secondary N) is 2. The Hall–Kier alpha value is -2.97. The number of H-pyrrole nitrogens is 1. The number of aromatic nitrogens is 1. The number of carbonyl (C=O) groups is 3. The Morgan fingerprint density at radius 2 is 2.17 bits per heavy atom. The van der Waals surface area contributed by atoms with Crippen LogP contribution in [0.3, 0.4) is 0 Å². The summed E-state index contributed by atoms with van der Waals surface area (Å²) in [6.45, 7) is 0.0522. The first-order chi connectivity index (χ1) is 14.0. The maximum absolute atomic E-state index is 12.4. The van der Waals surface area contributed by atoms with Gasteiger partial charge in [-0.05, 0) is 54.1 Å². The molecule has 4 rings (SSSR count). The van der Waals surface area contributed by atoms with E-state index in [4.69, 9.17) is 16.0 Å². The maximum atomic E-state index is 12.4. The van der Waals surface area contributed by atoms with Gasteiger partial charge in [-0.15, -0.1) is 0 Å². The maximum Gasteiger partial charge on any atom is 0.294 e. The third-order valence-corrected chi connectivity index (χ3v) is 5.58. The van der Waals surface area contributed by atoms with E-state index in [0.717, 1.165) is 33.1 Å². The molecule has 1 aromatic carbocycles. The first-order valence-corrected chi connectivity index (χ1v) is 10.0. The minimum absolute atomic E-state index is 0.230. The lowest BCUT2D eigenvalue weighted by Gasteiger charge is -2.12. The molecule has 7 nitrogen and oxygen atoms in total. The molecular formula is C20H16ClN3O4S. The zero-order valence-electron chi connectivity index (χ0n) is 15.1. The number of rotatable bonds is 6.